The number of para-hydroxylation sites is 1. The normalized spacial score (nSPS) is 10.6. The molecule has 0 unspecified atom stereocenters. The average Bonchev–Trinajstić information content (AvgIpc) is 2.95. The molecular formula is C16H13BrN2O2. The Morgan fingerprint density at radius 1 is 1.10 bits per heavy atom. The van der Waals surface area contributed by atoms with E-state index in [1.807, 2.05) is 55.5 Å². The Labute approximate surface area is 130 Å². The highest BCUT2D eigenvalue weighted by Crippen LogP contribution is 2.22. The van der Waals surface area contributed by atoms with Crippen molar-refractivity contribution in [1.82, 2.24) is 10.2 Å². The Kier molecular flexibility index (Phi) is 4.01. The second-order valence-corrected chi connectivity index (χ2v) is 5.48. The number of aromatic nitrogens is 2. The van der Waals surface area contributed by atoms with Crippen LogP contribution in [0.2, 0.25) is 0 Å². The van der Waals surface area contributed by atoms with Gasteiger partial charge >= 0.3 is 0 Å². The molecule has 3 aromatic rings. The summed E-state index contributed by atoms with van der Waals surface area (Å²) in [5, 5.41) is 8.05. The summed E-state index contributed by atoms with van der Waals surface area (Å²) in [5.74, 6) is 1.76. The van der Waals surface area contributed by atoms with Gasteiger partial charge in [-0.1, -0.05) is 40.2 Å². The second-order valence-electron chi connectivity index (χ2n) is 4.57. The van der Waals surface area contributed by atoms with Gasteiger partial charge in [-0.3, -0.25) is 0 Å². The first kappa shape index (κ1) is 13.8. The van der Waals surface area contributed by atoms with E-state index in [1.165, 1.54) is 0 Å². The molecule has 0 N–H and O–H groups in total. The lowest BCUT2D eigenvalue weighted by Gasteiger charge is -2.05. The summed E-state index contributed by atoms with van der Waals surface area (Å²) in [5.41, 5.74) is 1.95. The standard InChI is InChI=1S/C16H13BrN2O2/c1-11-5-2-3-8-14(11)20-10-15-18-19-16(21-15)12-6-4-7-13(17)9-12/h2-9H,10H2,1H3. The van der Waals surface area contributed by atoms with E-state index < -0.39 is 0 Å². The van der Waals surface area contributed by atoms with Gasteiger partial charge in [0.05, 0.1) is 0 Å². The fourth-order valence-corrected chi connectivity index (χ4v) is 2.31. The first-order chi connectivity index (χ1) is 10.2. The fourth-order valence-electron chi connectivity index (χ4n) is 1.91. The third kappa shape index (κ3) is 3.31. The number of nitrogens with zero attached hydrogens (tertiary/aromatic N) is 2. The molecule has 1 aromatic heterocycles. The maximum absolute atomic E-state index is 5.69. The van der Waals surface area contributed by atoms with Crippen molar-refractivity contribution < 1.29 is 9.15 Å². The summed E-state index contributed by atoms with van der Waals surface area (Å²) in [4.78, 5) is 0. The zero-order valence-corrected chi connectivity index (χ0v) is 13.0. The number of halogens is 1. The van der Waals surface area contributed by atoms with E-state index in [9.17, 15) is 0 Å². The minimum atomic E-state index is 0.256. The molecule has 2 aromatic carbocycles. The Hall–Kier alpha value is -2.14. The van der Waals surface area contributed by atoms with Crippen LogP contribution in [0.1, 0.15) is 11.5 Å². The molecule has 0 atom stereocenters. The monoisotopic (exact) mass is 344 g/mol. The summed E-state index contributed by atoms with van der Waals surface area (Å²) in [6.45, 7) is 2.25. The van der Waals surface area contributed by atoms with Gasteiger partial charge in [0.15, 0.2) is 6.61 Å². The quantitative estimate of drug-likeness (QED) is 0.704. The van der Waals surface area contributed by atoms with Crippen LogP contribution in [0, 0.1) is 6.92 Å². The largest absolute Gasteiger partial charge is 0.484 e. The maximum Gasteiger partial charge on any atom is 0.254 e. The fraction of sp³-hybridized carbons (Fsp3) is 0.125. The topological polar surface area (TPSA) is 48.2 Å². The van der Waals surface area contributed by atoms with Crippen molar-refractivity contribution >= 4 is 15.9 Å². The molecule has 0 amide bonds. The summed E-state index contributed by atoms with van der Waals surface area (Å²) >= 11 is 3.42. The summed E-state index contributed by atoms with van der Waals surface area (Å²) < 4.78 is 12.3. The summed E-state index contributed by atoms with van der Waals surface area (Å²) in [6, 6.07) is 15.5. The van der Waals surface area contributed by atoms with Crippen LogP contribution in [0.3, 0.4) is 0 Å². The highest BCUT2D eigenvalue weighted by atomic mass is 79.9. The van der Waals surface area contributed by atoms with Gasteiger partial charge in [-0.2, -0.15) is 0 Å². The van der Waals surface area contributed by atoms with Gasteiger partial charge in [0.2, 0.25) is 5.89 Å². The smallest absolute Gasteiger partial charge is 0.254 e. The van der Waals surface area contributed by atoms with Crippen molar-refractivity contribution in [2.24, 2.45) is 0 Å². The van der Waals surface area contributed by atoms with E-state index in [-0.39, 0.29) is 6.61 Å². The SMILES string of the molecule is Cc1ccccc1OCc1nnc(-c2cccc(Br)c2)o1. The van der Waals surface area contributed by atoms with E-state index in [4.69, 9.17) is 9.15 Å². The number of benzene rings is 2. The molecule has 0 aliphatic carbocycles. The van der Waals surface area contributed by atoms with Crippen molar-refractivity contribution in [2.45, 2.75) is 13.5 Å². The van der Waals surface area contributed by atoms with Crippen molar-refractivity contribution in [3.8, 4) is 17.2 Å². The van der Waals surface area contributed by atoms with Gasteiger partial charge in [0, 0.05) is 10.0 Å². The molecule has 0 spiro atoms. The molecular weight excluding hydrogens is 332 g/mol. The van der Waals surface area contributed by atoms with Crippen LogP contribution in [-0.2, 0) is 6.61 Å². The Morgan fingerprint density at radius 2 is 1.95 bits per heavy atom. The number of aryl methyl sites for hydroxylation is 1. The van der Waals surface area contributed by atoms with Crippen molar-refractivity contribution in [3.63, 3.8) is 0 Å². The van der Waals surface area contributed by atoms with Crippen LogP contribution in [0.25, 0.3) is 11.5 Å². The molecule has 21 heavy (non-hydrogen) atoms. The number of ether oxygens (including phenoxy) is 1. The maximum atomic E-state index is 5.69. The van der Waals surface area contributed by atoms with E-state index in [1.54, 1.807) is 0 Å². The Balaban J connectivity index is 1.72. The highest BCUT2D eigenvalue weighted by Gasteiger charge is 2.09. The van der Waals surface area contributed by atoms with E-state index in [2.05, 4.69) is 26.1 Å². The number of rotatable bonds is 4. The van der Waals surface area contributed by atoms with Crippen LogP contribution in [-0.4, -0.2) is 10.2 Å². The van der Waals surface area contributed by atoms with Gasteiger partial charge in [-0.15, -0.1) is 10.2 Å². The first-order valence-corrected chi connectivity index (χ1v) is 7.28. The van der Waals surface area contributed by atoms with Gasteiger partial charge in [-0.25, -0.2) is 0 Å². The molecule has 1 heterocycles. The average molecular weight is 345 g/mol. The lowest BCUT2D eigenvalue weighted by molar-refractivity contribution is 0.263. The third-order valence-electron chi connectivity index (χ3n) is 2.98. The summed E-state index contributed by atoms with van der Waals surface area (Å²) in [7, 11) is 0. The minimum Gasteiger partial charge on any atom is -0.484 e. The van der Waals surface area contributed by atoms with Crippen LogP contribution in [0.15, 0.2) is 57.4 Å². The number of hydrogen-bond donors (Lipinski definition) is 0. The zero-order chi connectivity index (χ0) is 14.7. The van der Waals surface area contributed by atoms with Crippen LogP contribution in [0.5, 0.6) is 5.75 Å². The third-order valence-corrected chi connectivity index (χ3v) is 3.48. The highest BCUT2D eigenvalue weighted by molar-refractivity contribution is 9.10. The Morgan fingerprint density at radius 3 is 2.76 bits per heavy atom. The lowest BCUT2D eigenvalue weighted by atomic mass is 10.2. The molecule has 0 bridgehead atoms. The van der Waals surface area contributed by atoms with Gasteiger partial charge < -0.3 is 9.15 Å². The van der Waals surface area contributed by atoms with Gasteiger partial charge in [-0.05, 0) is 36.8 Å². The molecule has 0 saturated carbocycles. The first-order valence-electron chi connectivity index (χ1n) is 6.49. The molecule has 3 rings (SSSR count). The van der Waals surface area contributed by atoms with E-state index in [0.29, 0.717) is 11.8 Å². The Bertz CT molecular complexity index is 755. The minimum absolute atomic E-state index is 0.256. The predicted octanol–water partition coefficient (Wildman–Crippen LogP) is 4.39. The van der Waals surface area contributed by atoms with E-state index in [0.717, 1.165) is 21.3 Å². The molecule has 4 nitrogen and oxygen atoms in total. The van der Waals surface area contributed by atoms with Gasteiger partial charge in [0.25, 0.3) is 5.89 Å². The van der Waals surface area contributed by atoms with Crippen LogP contribution < -0.4 is 4.74 Å². The van der Waals surface area contributed by atoms with Gasteiger partial charge in [0.1, 0.15) is 5.75 Å². The lowest BCUT2D eigenvalue weighted by Crippen LogP contribution is -1.97. The second kappa shape index (κ2) is 6.10. The predicted molar refractivity (Wildman–Crippen MR) is 82.9 cm³/mol. The summed E-state index contributed by atoms with van der Waals surface area (Å²) in [6.07, 6.45) is 0. The molecule has 0 aliphatic heterocycles. The molecule has 0 fully saturated rings. The molecule has 106 valence electrons. The molecule has 0 aliphatic rings. The molecule has 0 radical (unpaired) electrons. The van der Waals surface area contributed by atoms with Crippen molar-refractivity contribution in [1.29, 1.82) is 0 Å². The van der Waals surface area contributed by atoms with Crippen LogP contribution >= 0.6 is 15.9 Å². The van der Waals surface area contributed by atoms with Crippen LogP contribution in [0.4, 0.5) is 0 Å². The molecule has 0 saturated heterocycles. The zero-order valence-electron chi connectivity index (χ0n) is 11.4. The van der Waals surface area contributed by atoms with E-state index >= 15 is 0 Å². The molecule has 5 heteroatoms. The van der Waals surface area contributed by atoms with Crippen molar-refractivity contribution in [2.75, 3.05) is 0 Å². The number of hydrogen-bond acceptors (Lipinski definition) is 4. The van der Waals surface area contributed by atoms with Crippen molar-refractivity contribution in [3.05, 3.63) is 64.5 Å².